The van der Waals surface area contributed by atoms with Gasteiger partial charge in [0.05, 0.1) is 17.8 Å². The van der Waals surface area contributed by atoms with Crippen molar-refractivity contribution in [3.8, 4) is 0 Å². The fourth-order valence-electron chi connectivity index (χ4n) is 4.96. The number of unbranched alkanes of at least 4 members (excludes halogenated alkanes) is 1. The molecule has 0 bridgehead atoms. The lowest BCUT2D eigenvalue weighted by atomic mass is 9.93. The van der Waals surface area contributed by atoms with Crippen LogP contribution in [-0.2, 0) is 19.8 Å². The molecule has 1 fully saturated rings. The summed E-state index contributed by atoms with van der Waals surface area (Å²) in [7, 11) is 1.72. The van der Waals surface area contributed by atoms with Gasteiger partial charge in [-0.1, -0.05) is 20.8 Å². The molecular formula is C31H39N7O7S. The van der Waals surface area contributed by atoms with Gasteiger partial charge in [0.2, 0.25) is 5.91 Å². The summed E-state index contributed by atoms with van der Waals surface area (Å²) in [6, 6.07) is 2.99. The van der Waals surface area contributed by atoms with Crippen LogP contribution in [0.3, 0.4) is 0 Å². The van der Waals surface area contributed by atoms with Gasteiger partial charge in [-0.15, -0.1) is 11.3 Å². The van der Waals surface area contributed by atoms with E-state index in [2.05, 4.69) is 10.3 Å². The lowest BCUT2D eigenvalue weighted by Gasteiger charge is -2.36. The van der Waals surface area contributed by atoms with Crippen LogP contribution in [0.25, 0.3) is 11.7 Å². The van der Waals surface area contributed by atoms with Crippen molar-refractivity contribution in [2.75, 3.05) is 56.5 Å². The largest absolute Gasteiger partial charge is 0.480 e. The minimum atomic E-state index is -1.22. The molecule has 1 aliphatic heterocycles. The maximum Gasteiger partial charge on any atom is 0.328 e. The second-order valence-corrected chi connectivity index (χ2v) is 13.0. The fourth-order valence-corrected chi connectivity index (χ4v) is 5.89. The lowest BCUT2D eigenvalue weighted by Crippen LogP contribution is -2.49. The number of carboxylic acid groups (broad SMARTS) is 2. The molecule has 0 spiro atoms. The zero-order valence-electron chi connectivity index (χ0n) is 26.4. The first-order valence-electron chi connectivity index (χ1n) is 14.9. The second kappa shape index (κ2) is 14.6. The zero-order chi connectivity index (χ0) is 33.6. The van der Waals surface area contributed by atoms with Gasteiger partial charge < -0.3 is 20.0 Å². The smallest absolute Gasteiger partial charge is 0.328 e. The number of likely N-dealkylation sites (N-methyl/N-ethyl adjacent to an activating group) is 1. The van der Waals surface area contributed by atoms with Gasteiger partial charge in [-0.25, -0.2) is 14.8 Å². The number of amides is 2. The number of carboxylic acids is 2. The maximum atomic E-state index is 13.5. The third-order valence-corrected chi connectivity index (χ3v) is 8.27. The molecule has 246 valence electrons. The van der Waals surface area contributed by atoms with Crippen LogP contribution in [0.15, 0.2) is 34.6 Å². The van der Waals surface area contributed by atoms with Gasteiger partial charge in [0.25, 0.3) is 11.5 Å². The number of pyridine rings is 1. The van der Waals surface area contributed by atoms with Gasteiger partial charge >= 0.3 is 11.9 Å². The van der Waals surface area contributed by atoms with Crippen LogP contribution in [0.2, 0.25) is 0 Å². The molecule has 4 rings (SSSR count). The Morgan fingerprint density at radius 2 is 1.80 bits per heavy atom. The molecule has 14 nitrogen and oxygen atoms in total. The minimum Gasteiger partial charge on any atom is -0.480 e. The highest BCUT2D eigenvalue weighted by molar-refractivity contribution is 7.14. The Bertz CT molecular complexity index is 1700. The van der Waals surface area contributed by atoms with Crippen LogP contribution < -0.4 is 15.8 Å². The molecule has 15 heteroatoms. The molecule has 3 aromatic heterocycles. The number of hydrogen-bond donors (Lipinski definition) is 3. The molecule has 0 saturated carbocycles. The van der Waals surface area contributed by atoms with Crippen molar-refractivity contribution >= 4 is 57.8 Å². The molecule has 46 heavy (non-hydrogen) atoms. The van der Waals surface area contributed by atoms with Crippen molar-refractivity contribution in [3.05, 3.63) is 57.0 Å². The van der Waals surface area contributed by atoms with Crippen LogP contribution in [0.1, 0.15) is 61.6 Å². The van der Waals surface area contributed by atoms with Gasteiger partial charge in [-0.05, 0) is 44.6 Å². The van der Waals surface area contributed by atoms with E-state index >= 15 is 0 Å². The predicted molar refractivity (Wildman–Crippen MR) is 175 cm³/mol. The van der Waals surface area contributed by atoms with Crippen LogP contribution in [0.4, 0.5) is 10.9 Å². The normalized spacial score (nSPS) is 13.9. The quantitative estimate of drug-likeness (QED) is 0.193. The third kappa shape index (κ3) is 8.75. The fraction of sp³-hybridized carbons (Fsp3) is 0.452. The Labute approximate surface area is 270 Å². The van der Waals surface area contributed by atoms with E-state index in [9.17, 15) is 29.1 Å². The molecule has 1 saturated heterocycles. The summed E-state index contributed by atoms with van der Waals surface area (Å²) >= 11 is 1.32. The van der Waals surface area contributed by atoms with E-state index in [-0.39, 0.29) is 40.5 Å². The Balaban J connectivity index is 1.50. The first-order valence-corrected chi connectivity index (χ1v) is 15.8. The van der Waals surface area contributed by atoms with Crippen molar-refractivity contribution in [2.24, 2.45) is 0 Å². The molecule has 3 aromatic rings. The lowest BCUT2D eigenvalue weighted by molar-refractivity contribution is -0.138. The predicted octanol–water partition coefficient (Wildman–Crippen LogP) is 2.63. The van der Waals surface area contributed by atoms with Gasteiger partial charge in [-0.2, -0.15) is 0 Å². The van der Waals surface area contributed by atoms with E-state index in [0.29, 0.717) is 57.1 Å². The van der Waals surface area contributed by atoms with Crippen molar-refractivity contribution in [1.82, 2.24) is 24.2 Å². The monoisotopic (exact) mass is 653 g/mol. The average molecular weight is 654 g/mol. The number of thiazole rings is 1. The summed E-state index contributed by atoms with van der Waals surface area (Å²) < 4.78 is 1.26. The van der Waals surface area contributed by atoms with E-state index in [1.165, 1.54) is 40.1 Å². The molecule has 2 amide bonds. The number of carbonyl (C=O) groups is 4. The van der Waals surface area contributed by atoms with E-state index < -0.39 is 23.4 Å². The average Bonchev–Trinajstić information content (AvgIpc) is 3.47. The number of hydrogen-bond acceptors (Lipinski definition) is 10. The topological polar surface area (TPSA) is 178 Å². The highest BCUT2D eigenvalue weighted by Crippen LogP contribution is 2.27. The Morgan fingerprint density at radius 3 is 2.43 bits per heavy atom. The van der Waals surface area contributed by atoms with E-state index in [1.807, 2.05) is 31.1 Å². The summed E-state index contributed by atoms with van der Waals surface area (Å²) in [6.45, 7) is 8.12. The number of rotatable bonds is 12. The summed E-state index contributed by atoms with van der Waals surface area (Å²) in [5.74, 6) is -2.27. The Hall–Kier alpha value is -4.63. The molecule has 4 heterocycles. The van der Waals surface area contributed by atoms with Crippen LogP contribution in [0, 0.1) is 0 Å². The van der Waals surface area contributed by atoms with Gasteiger partial charge in [0.15, 0.2) is 5.13 Å². The number of aliphatic carboxylic acids is 2. The van der Waals surface area contributed by atoms with Crippen molar-refractivity contribution in [1.29, 1.82) is 0 Å². The van der Waals surface area contributed by atoms with Gasteiger partial charge in [0.1, 0.15) is 11.5 Å². The van der Waals surface area contributed by atoms with Crippen LogP contribution in [-0.4, -0.2) is 104 Å². The second-order valence-electron chi connectivity index (χ2n) is 12.2. The number of piperazine rings is 1. The maximum absolute atomic E-state index is 13.5. The molecule has 0 radical (unpaired) electrons. The molecule has 0 atom stereocenters. The van der Waals surface area contributed by atoms with E-state index in [0.717, 1.165) is 11.8 Å². The van der Waals surface area contributed by atoms with Crippen molar-refractivity contribution in [2.45, 2.75) is 45.4 Å². The zero-order valence-corrected chi connectivity index (χ0v) is 27.2. The molecular weight excluding hydrogens is 614 g/mol. The van der Waals surface area contributed by atoms with Crippen molar-refractivity contribution in [3.63, 3.8) is 0 Å². The SMILES string of the molecule is CN(CCCCC(=O)N1CCN(c2nc3cc(C(=O)Nc4nc(C(C)(C)C)cs4)ccn3c(=O)c2C=CC(=O)O)CC1)CC(=O)O. The molecule has 0 aromatic carbocycles. The number of carbonyl (C=O) groups excluding carboxylic acids is 2. The number of aromatic nitrogens is 3. The summed E-state index contributed by atoms with van der Waals surface area (Å²) in [6.07, 6.45) is 5.19. The summed E-state index contributed by atoms with van der Waals surface area (Å²) in [5.41, 5.74) is 0.751. The molecule has 1 aliphatic rings. The van der Waals surface area contributed by atoms with E-state index in [1.54, 1.807) is 16.8 Å². The minimum absolute atomic E-state index is 0.0106. The molecule has 0 aliphatic carbocycles. The first kappa shape index (κ1) is 34.2. The van der Waals surface area contributed by atoms with Crippen molar-refractivity contribution < 1.29 is 29.4 Å². The standard InChI is InChI=1S/C31H39N7O7S/c1-31(2,3)22-19-46-30(32-22)34-28(44)20-10-12-38-23(17-20)33-27(21(29(38)45)8-9-25(40)41)37-15-13-36(14-16-37)24(39)7-5-6-11-35(4)18-26(42)43/h8-10,12,17,19H,5-7,11,13-16,18H2,1-4H3,(H,40,41)(H,42,43)(H,32,34,44). The number of anilines is 2. The molecule has 3 N–H and O–H groups in total. The number of nitrogens with one attached hydrogen (secondary N) is 1. The highest BCUT2D eigenvalue weighted by atomic mass is 32.1. The molecule has 0 unspecified atom stereocenters. The van der Waals surface area contributed by atoms with Crippen LogP contribution in [0.5, 0.6) is 0 Å². The third-order valence-electron chi connectivity index (χ3n) is 7.51. The highest BCUT2D eigenvalue weighted by Gasteiger charge is 2.25. The Morgan fingerprint density at radius 1 is 1.09 bits per heavy atom. The first-order chi connectivity index (χ1) is 21.7. The number of nitrogens with zero attached hydrogens (tertiary/aromatic N) is 6. The number of fused-ring (bicyclic) bond motifs is 1. The Kier molecular flexibility index (Phi) is 10.9. The van der Waals surface area contributed by atoms with Gasteiger partial charge in [0, 0.05) is 61.2 Å². The van der Waals surface area contributed by atoms with Gasteiger partial charge in [-0.3, -0.25) is 33.8 Å². The summed E-state index contributed by atoms with van der Waals surface area (Å²) in [5, 5.41) is 23.3. The van der Waals surface area contributed by atoms with E-state index in [4.69, 9.17) is 10.1 Å². The van der Waals surface area contributed by atoms with Crippen LogP contribution >= 0.6 is 11.3 Å². The summed E-state index contributed by atoms with van der Waals surface area (Å²) in [4.78, 5) is 76.1.